The quantitative estimate of drug-likeness (QED) is 0.178. The molecule has 3 N–H and O–H groups in total. The van der Waals surface area contributed by atoms with Gasteiger partial charge in [-0.2, -0.15) is 0 Å². The van der Waals surface area contributed by atoms with E-state index in [4.69, 9.17) is 0 Å². The standard InChI is InChI=1S/C41H31NO8/c43-32-14-8-7-13-26(32)36-25-17-18-28-35(39(48)42(38(28)47)24-15-16-27(40(49)50)33(44)19-24)30(25)20-31-37(46)29(22-9-3-1-4-10-22)21-34(45)41(31,36)23-11-5-2-6-12-23/h1-17,19,21,28,30-31,35-36,43-44H,18,20H2,(H,49,50)/t28-,30+,31-,35-,36+,41-/m0/s1. The number of fused-ring (bicyclic) bond motifs is 4. The van der Waals surface area contributed by atoms with E-state index in [-0.39, 0.29) is 47.0 Å². The second-order valence-electron chi connectivity index (χ2n) is 13.4. The lowest BCUT2D eigenvalue weighted by molar-refractivity contribution is -0.135. The molecule has 4 aliphatic rings. The number of rotatable bonds is 5. The number of aromatic carboxylic acids is 1. The number of imide groups is 1. The largest absolute Gasteiger partial charge is 0.508 e. The van der Waals surface area contributed by atoms with Gasteiger partial charge in [-0.05, 0) is 54.2 Å². The van der Waals surface area contributed by atoms with Crippen molar-refractivity contribution in [1.82, 2.24) is 0 Å². The molecule has 1 saturated carbocycles. The summed E-state index contributed by atoms with van der Waals surface area (Å²) in [5.74, 6) is -7.72. The minimum absolute atomic E-state index is 0.0448. The molecule has 50 heavy (non-hydrogen) atoms. The van der Waals surface area contributed by atoms with Crippen LogP contribution in [0.25, 0.3) is 5.57 Å². The summed E-state index contributed by atoms with van der Waals surface area (Å²) < 4.78 is 0. The third-order valence-corrected chi connectivity index (χ3v) is 11.1. The number of phenols is 2. The molecule has 4 aromatic carbocycles. The Morgan fingerprint density at radius 2 is 1.44 bits per heavy atom. The van der Waals surface area contributed by atoms with Crippen molar-refractivity contribution in [2.45, 2.75) is 24.2 Å². The zero-order valence-corrected chi connectivity index (χ0v) is 26.6. The van der Waals surface area contributed by atoms with E-state index in [1.807, 2.05) is 42.5 Å². The zero-order valence-electron chi connectivity index (χ0n) is 26.6. The average molecular weight is 666 g/mol. The summed E-state index contributed by atoms with van der Waals surface area (Å²) in [5, 5.41) is 31.2. The van der Waals surface area contributed by atoms with Gasteiger partial charge in [0, 0.05) is 29.0 Å². The highest BCUT2D eigenvalue weighted by Gasteiger charge is 2.66. The molecular weight excluding hydrogens is 634 g/mol. The lowest BCUT2D eigenvalue weighted by Crippen LogP contribution is -2.58. The first-order chi connectivity index (χ1) is 24.1. The number of carbonyl (C=O) groups excluding carboxylic acids is 4. The van der Waals surface area contributed by atoms with Crippen molar-refractivity contribution in [1.29, 1.82) is 0 Å². The molecule has 3 aliphatic carbocycles. The molecule has 9 heteroatoms. The van der Waals surface area contributed by atoms with Crippen LogP contribution in [-0.4, -0.2) is 44.7 Å². The zero-order chi connectivity index (χ0) is 34.9. The van der Waals surface area contributed by atoms with Gasteiger partial charge in [0.15, 0.2) is 11.6 Å². The number of aromatic hydroxyl groups is 2. The molecule has 0 unspecified atom stereocenters. The van der Waals surface area contributed by atoms with Gasteiger partial charge in [0.1, 0.15) is 17.1 Å². The Balaban J connectivity index is 1.33. The number of para-hydroxylation sites is 1. The normalized spacial score (nSPS) is 27.2. The number of phenolic OH excluding ortho intramolecular Hbond substituents is 1. The fraction of sp³-hybridized carbons (Fsp3) is 0.195. The Labute approximate surface area is 286 Å². The Bertz CT molecular complexity index is 2190. The number of hydrogen-bond acceptors (Lipinski definition) is 7. The van der Waals surface area contributed by atoms with Gasteiger partial charge in [-0.15, -0.1) is 0 Å². The first-order valence-electron chi connectivity index (χ1n) is 16.5. The van der Waals surface area contributed by atoms with E-state index in [0.717, 1.165) is 17.0 Å². The molecular formula is C41H31NO8. The number of Topliss-reactive ketones (excluding diaryl/α,β-unsaturated/α-hetero) is 1. The Kier molecular flexibility index (Phi) is 7.18. The summed E-state index contributed by atoms with van der Waals surface area (Å²) >= 11 is 0. The fourth-order valence-corrected chi connectivity index (χ4v) is 9.04. The smallest absolute Gasteiger partial charge is 0.339 e. The van der Waals surface area contributed by atoms with Gasteiger partial charge in [-0.25, -0.2) is 9.69 Å². The third-order valence-electron chi connectivity index (χ3n) is 11.1. The van der Waals surface area contributed by atoms with Crippen LogP contribution in [0.4, 0.5) is 5.69 Å². The van der Waals surface area contributed by atoms with E-state index in [9.17, 15) is 34.5 Å². The molecule has 0 bridgehead atoms. The van der Waals surface area contributed by atoms with Crippen LogP contribution >= 0.6 is 0 Å². The Morgan fingerprint density at radius 1 is 0.760 bits per heavy atom. The molecule has 1 heterocycles. The first kappa shape index (κ1) is 31.2. The van der Waals surface area contributed by atoms with E-state index in [2.05, 4.69) is 0 Å². The van der Waals surface area contributed by atoms with E-state index in [1.54, 1.807) is 48.5 Å². The van der Waals surface area contributed by atoms with Gasteiger partial charge in [0.2, 0.25) is 11.8 Å². The maximum absolute atomic E-state index is 15.0. The topological polar surface area (TPSA) is 149 Å². The van der Waals surface area contributed by atoms with E-state index >= 15 is 4.79 Å². The van der Waals surface area contributed by atoms with E-state index in [0.29, 0.717) is 22.3 Å². The number of carbonyl (C=O) groups is 5. The van der Waals surface area contributed by atoms with Crippen molar-refractivity contribution in [2.24, 2.45) is 23.7 Å². The number of benzene rings is 4. The SMILES string of the molecule is O=C(O)c1ccc(N2C(=O)[C@H]3[C@H](CC=C4[C@H]3C[C@H]3C(=O)C(c5ccccc5)=CC(=O)[C@@]3(c3ccccc3)[C@H]4c3ccccc3O)C2=O)cc1O. The molecule has 2 fully saturated rings. The van der Waals surface area contributed by atoms with Crippen molar-refractivity contribution in [3.8, 4) is 11.5 Å². The van der Waals surface area contributed by atoms with Crippen LogP contribution in [0.3, 0.4) is 0 Å². The predicted octanol–water partition coefficient (Wildman–Crippen LogP) is 5.83. The van der Waals surface area contributed by atoms with Gasteiger partial charge in [-0.1, -0.05) is 90.5 Å². The molecule has 1 aliphatic heterocycles. The van der Waals surface area contributed by atoms with Crippen LogP contribution in [0.1, 0.15) is 45.8 Å². The minimum atomic E-state index is -1.46. The summed E-state index contributed by atoms with van der Waals surface area (Å²) in [7, 11) is 0. The molecule has 4 aromatic rings. The van der Waals surface area contributed by atoms with Gasteiger partial charge in [-0.3, -0.25) is 19.2 Å². The van der Waals surface area contributed by atoms with Crippen LogP contribution in [0.5, 0.6) is 11.5 Å². The van der Waals surface area contributed by atoms with Crippen LogP contribution in [0.2, 0.25) is 0 Å². The van der Waals surface area contributed by atoms with Gasteiger partial charge >= 0.3 is 5.97 Å². The first-order valence-corrected chi connectivity index (χ1v) is 16.5. The highest BCUT2D eigenvalue weighted by atomic mass is 16.4. The van der Waals surface area contributed by atoms with Crippen LogP contribution < -0.4 is 4.90 Å². The molecule has 0 aromatic heterocycles. The summed E-state index contributed by atoms with van der Waals surface area (Å²) in [4.78, 5) is 70.9. The Morgan fingerprint density at radius 3 is 2.12 bits per heavy atom. The lowest BCUT2D eigenvalue weighted by atomic mass is 9.44. The number of anilines is 1. The molecule has 0 radical (unpaired) electrons. The van der Waals surface area contributed by atoms with E-state index in [1.165, 1.54) is 12.1 Å². The average Bonchev–Trinajstić information content (AvgIpc) is 3.38. The molecule has 6 atom stereocenters. The van der Waals surface area contributed by atoms with Crippen molar-refractivity contribution in [3.63, 3.8) is 0 Å². The number of carboxylic acids is 1. The van der Waals surface area contributed by atoms with Gasteiger partial charge in [0.05, 0.1) is 22.9 Å². The third kappa shape index (κ3) is 4.35. The lowest BCUT2D eigenvalue weighted by Gasteiger charge is -2.55. The number of amides is 2. The summed E-state index contributed by atoms with van der Waals surface area (Å²) in [6, 6.07) is 28.4. The predicted molar refractivity (Wildman–Crippen MR) is 182 cm³/mol. The molecule has 1 saturated heterocycles. The van der Waals surface area contributed by atoms with Crippen molar-refractivity contribution < 1.29 is 39.3 Å². The maximum atomic E-state index is 15.0. The number of allylic oxidation sites excluding steroid dienone is 4. The Hall–Kier alpha value is -6.09. The van der Waals surface area contributed by atoms with Crippen LogP contribution in [-0.2, 0) is 24.6 Å². The monoisotopic (exact) mass is 665 g/mol. The second kappa shape index (κ2) is 11.5. The minimum Gasteiger partial charge on any atom is -0.508 e. The fourth-order valence-electron chi connectivity index (χ4n) is 9.04. The van der Waals surface area contributed by atoms with Crippen molar-refractivity contribution >= 4 is 40.6 Å². The summed E-state index contributed by atoms with van der Waals surface area (Å²) in [6.45, 7) is 0. The summed E-state index contributed by atoms with van der Waals surface area (Å²) in [6.07, 6.45) is 3.60. The molecule has 8 rings (SSSR count). The molecule has 9 nitrogen and oxygen atoms in total. The van der Waals surface area contributed by atoms with Gasteiger partial charge in [0.25, 0.3) is 0 Å². The summed E-state index contributed by atoms with van der Waals surface area (Å²) in [5.41, 5.74) is 0.842. The number of ketones is 2. The van der Waals surface area contributed by atoms with Crippen LogP contribution in [0.15, 0.2) is 121 Å². The highest BCUT2D eigenvalue weighted by molar-refractivity contribution is 6.32. The van der Waals surface area contributed by atoms with Crippen LogP contribution in [0, 0.1) is 23.7 Å². The molecule has 0 spiro atoms. The number of hydrogen-bond donors (Lipinski definition) is 3. The number of carboxylic acid groups (broad SMARTS) is 1. The highest BCUT2D eigenvalue weighted by Crippen LogP contribution is 2.64. The molecule has 2 amide bonds. The van der Waals surface area contributed by atoms with Crippen molar-refractivity contribution in [2.75, 3.05) is 4.90 Å². The van der Waals surface area contributed by atoms with E-state index < -0.39 is 58.5 Å². The molecule has 248 valence electrons. The van der Waals surface area contributed by atoms with Gasteiger partial charge < -0.3 is 15.3 Å². The van der Waals surface area contributed by atoms with Crippen molar-refractivity contribution in [3.05, 3.63) is 143 Å². The second-order valence-corrected chi connectivity index (χ2v) is 13.4. The number of nitrogens with zero attached hydrogens (tertiary/aromatic N) is 1. The maximum Gasteiger partial charge on any atom is 0.339 e.